The van der Waals surface area contributed by atoms with Gasteiger partial charge in [-0.15, -0.1) is 0 Å². The molecule has 1 aromatic rings. The number of aliphatic hydroxyl groups is 1. The van der Waals surface area contributed by atoms with Gasteiger partial charge in [0.05, 0.1) is 18.7 Å². The Morgan fingerprint density at radius 2 is 2.43 bits per heavy atom. The number of nitrogens with zero attached hydrogens (tertiary/aromatic N) is 2. The third kappa shape index (κ3) is 3.60. The minimum Gasteiger partial charge on any atom is -0.468 e. The summed E-state index contributed by atoms with van der Waals surface area (Å²) in [5.74, 6) is 0.0936. The standard InChI is InChI=1S/C16H20N2O3/c1-21-16(20)15(14-4-2-3-13(9-14)10-17)18-7-5-12(11-18)6-8-19/h2-4,9,12,15,19H,5-8,11H2,1H3/t12-,15-/m0/s1. The highest BCUT2D eigenvalue weighted by Crippen LogP contribution is 2.30. The van der Waals surface area contributed by atoms with Crippen molar-refractivity contribution in [2.45, 2.75) is 18.9 Å². The second kappa shape index (κ2) is 7.21. The van der Waals surface area contributed by atoms with E-state index in [1.165, 1.54) is 7.11 Å². The first-order valence-corrected chi connectivity index (χ1v) is 7.12. The number of methoxy groups -OCH3 is 1. The number of nitriles is 1. The van der Waals surface area contributed by atoms with Crippen molar-refractivity contribution in [1.82, 2.24) is 4.90 Å². The molecule has 1 N–H and O–H groups in total. The second-order valence-electron chi connectivity index (χ2n) is 5.32. The predicted molar refractivity (Wildman–Crippen MR) is 77.3 cm³/mol. The van der Waals surface area contributed by atoms with E-state index in [-0.39, 0.29) is 12.6 Å². The fourth-order valence-electron chi connectivity index (χ4n) is 2.90. The van der Waals surface area contributed by atoms with Crippen molar-refractivity contribution in [2.75, 3.05) is 26.8 Å². The molecule has 21 heavy (non-hydrogen) atoms. The molecule has 5 heteroatoms. The largest absolute Gasteiger partial charge is 0.468 e. The van der Waals surface area contributed by atoms with E-state index < -0.39 is 6.04 Å². The van der Waals surface area contributed by atoms with Crippen molar-refractivity contribution in [3.05, 3.63) is 35.4 Å². The molecule has 0 radical (unpaired) electrons. The smallest absolute Gasteiger partial charge is 0.327 e. The van der Waals surface area contributed by atoms with E-state index in [1.54, 1.807) is 18.2 Å². The first kappa shape index (κ1) is 15.5. The molecule has 2 rings (SSSR count). The molecule has 1 saturated heterocycles. The average molecular weight is 288 g/mol. The molecular weight excluding hydrogens is 268 g/mol. The quantitative estimate of drug-likeness (QED) is 0.831. The molecule has 0 saturated carbocycles. The van der Waals surface area contributed by atoms with Crippen molar-refractivity contribution < 1.29 is 14.6 Å². The van der Waals surface area contributed by atoms with Crippen LogP contribution in [0.15, 0.2) is 24.3 Å². The summed E-state index contributed by atoms with van der Waals surface area (Å²) in [4.78, 5) is 14.2. The van der Waals surface area contributed by atoms with Gasteiger partial charge in [0.15, 0.2) is 0 Å². The lowest BCUT2D eigenvalue weighted by molar-refractivity contribution is -0.147. The molecular formula is C16H20N2O3. The second-order valence-corrected chi connectivity index (χ2v) is 5.32. The maximum absolute atomic E-state index is 12.2. The highest BCUT2D eigenvalue weighted by atomic mass is 16.5. The minimum atomic E-state index is -0.480. The topological polar surface area (TPSA) is 73.6 Å². The van der Waals surface area contributed by atoms with Gasteiger partial charge in [-0.05, 0) is 43.0 Å². The number of likely N-dealkylation sites (tertiary alicyclic amines) is 1. The van der Waals surface area contributed by atoms with Crippen LogP contribution < -0.4 is 0 Å². The van der Waals surface area contributed by atoms with E-state index >= 15 is 0 Å². The maximum atomic E-state index is 12.2. The Labute approximate surface area is 124 Å². The Balaban J connectivity index is 2.23. The van der Waals surface area contributed by atoms with Crippen molar-refractivity contribution in [3.63, 3.8) is 0 Å². The molecule has 0 aromatic heterocycles. The molecule has 5 nitrogen and oxygen atoms in total. The molecule has 0 unspecified atom stereocenters. The Bertz CT molecular complexity index is 539. The lowest BCUT2D eigenvalue weighted by Gasteiger charge is -2.26. The Kier molecular flexibility index (Phi) is 5.32. The Morgan fingerprint density at radius 3 is 3.10 bits per heavy atom. The predicted octanol–water partition coefficient (Wildman–Crippen LogP) is 1.48. The van der Waals surface area contributed by atoms with Crippen molar-refractivity contribution in [3.8, 4) is 6.07 Å². The van der Waals surface area contributed by atoms with E-state index in [0.29, 0.717) is 11.5 Å². The van der Waals surface area contributed by atoms with Crippen LogP contribution in [0.1, 0.15) is 30.0 Å². The van der Waals surface area contributed by atoms with Gasteiger partial charge in [0.1, 0.15) is 6.04 Å². The van der Waals surface area contributed by atoms with Gasteiger partial charge < -0.3 is 9.84 Å². The van der Waals surface area contributed by atoms with E-state index in [0.717, 1.165) is 31.5 Å². The van der Waals surface area contributed by atoms with E-state index in [4.69, 9.17) is 15.1 Å². The summed E-state index contributed by atoms with van der Waals surface area (Å²) < 4.78 is 4.94. The van der Waals surface area contributed by atoms with Gasteiger partial charge in [0, 0.05) is 13.2 Å². The summed E-state index contributed by atoms with van der Waals surface area (Å²) in [6.07, 6.45) is 1.72. The number of rotatable bonds is 5. The van der Waals surface area contributed by atoms with E-state index in [1.807, 2.05) is 6.07 Å². The molecule has 0 amide bonds. The highest BCUT2D eigenvalue weighted by molar-refractivity contribution is 5.77. The fourth-order valence-corrected chi connectivity index (χ4v) is 2.90. The lowest BCUT2D eigenvalue weighted by atomic mass is 10.0. The molecule has 112 valence electrons. The third-order valence-electron chi connectivity index (χ3n) is 3.98. The number of carbonyl (C=O) groups excluding carboxylic acids is 1. The molecule has 0 bridgehead atoms. The van der Waals surface area contributed by atoms with E-state index in [9.17, 15) is 4.79 Å². The minimum absolute atomic E-state index is 0.172. The number of hydrogen-bond acceptors (Lipinski definition) is 5. The van der Waals surface area contributed by atoms with E-state index in [2.05, 4.69) is 11.0 Å². The van der Waals surface area contributed by atoms with Crippen LogP contribution in [-0.4, -0.2) is 42.8 Å². The maximum Gasteiger partial charge on any atom is 0.327 e. The van der Waals surface area contributed by atoms with Gasteiger partial charge in [-0.1, -0.05) is 12.1 Å². The fraction of sp³-hybridized carbons (Fsp3) is 0.500. The summed E-state index contributed by atoms with van der Waals surface area (Å²) in [6.45, 7) is 1.73. The molecule has 2 atom stereocenters. The lowest BCUT2D eigenvalue weighted by Crippen LogP contribution is -2.33. The van der Waals surface area contributed by atoms with Gasteiger partial charge >= 0.3 is 5.97 Å². The first-order valence-electron chi connectivity index (χ1n) is 7.12. The summed E-state index contributed by atoms with van der Waals surface area (Å²) in [5, 5.41) is 18.1. The molecule has 1 aromatic carbocycles. The van der Waals surface area contributed by atoms with Crippen LogP contribution in [-0.2, 0) is 9.53 Å². The summed E-state index contributed by atoms with van der Waals surface area (Å²) >= 11 is 0. The molecule has 1 fully saturated rings. The molecule has 1 heterocycles. The number of esters is 1. The normalized spacial score (nSPS) is 20.0. The number of ether oxygens (including phenoxy) is 1. The zero-order chi connectivity index (χ0) is 15.2. The van der Waals surface area contributed by atoms with Crippen LogP contribution >= 0.6 is 0 Å². The molecule has 0 spiro atoms. The SMILES string of the molecule is COC(=O)[C@H](c1cccc(C#N)c1)N1CC[C@@H](CCO)C1. The third-order valence-corrected chi connectivity index (χ3v) is 3.98. The average Bonchev–Trinajstić information content (AvgIpc) is 2.96. The van der Waals surface area contributed by atoms with Crippen molar-refractivity contribution in [2.24, 2.45) is 5.92 Å². The molecule has 0 aliphatic carbocycles. The number of aliphatic hydroxyl groups excluding tert-OH is 1. The van der Waals surface area contributed by atoms with Crippen LogP contribution in [0.4, 0.5) is 0 Å². The Morgan fingerprint density at radius 1 is 1.62 bits per heavy atom. The van der Waals surface area contributed by atoms with Crippen LogP contribution in [0.3, 0.4) is 0 Å². The van der Waals surface area contributed by atoms with Crippen LogP contribution in [0, 0.1) is 17.2 Å². The van der Waals surface area contributed by atoms with Gasteiger partial charge in [0.25, 0.3) is 0 Å². The number of benzene rings is 1. The van der Waals surface area contributed by atoms with Crippen molar-refractivity contribution >= 4 is 5.97 Å². The van der Waals surface area contributed by atoms with Crippen LogP contribution in [0.2, 0.25) is 0 Å². The van der Waals surface area contributed by atoms with Crippen molar-refractivity contribution in [1.29, 1.82) is 5.26 Å². The summed E-state index contributed by atoms with van der Waals surface area (Å²) in [7, 11) is 1.38. The zero-order valence-electron chi connectivity index (χ0n) is 12.2. The number of hydrogen-bond donors (Lipinski definition) is 1. The van der Waals surface area contributed by atoms with Crippen LogP contribution in [0.5, 0.6) is 0 Å². The van der Waals surface area contributed by atoms with Gasteiger partial charge in [0.2, 0.25) is 0 Å². The van der Waals surface area contributed by atoms with Gasteiger partial charge in [-0.25, -0.2) is 4.79 Å². The monoisotopic (exact) mass is 288 g/mol. The number of carbonyl (C=O) groups is 1. The zero-order valence-corrected chi connectivity index (χ0v) is 12.2. The van der Waals surface area contributed by atoms with Crippen LogP contribution in [0.25, 0.3) is 0 Å². The highest BCUT2D eigenvalue weighted by Gasteiger charge is 2.34. The molecule has 1 aliphatic rings. The Hall–Kier alpha value is -1.90. The van der Waals surface area contributed by atoms with Gasteiger partial charge in [-0.3, -0.25) is 4.90 Å². The molecule has 1 aliphatic heterocycles. The summed E-state index contributed by atoms with van der Waals surface area (Å²) in [5.41, 5.74) is 1.32. The van der Waals surface area contributed by atoms with Gasteiger partial charge in [-0.2, -0.15) is 5.26 Å². The first-order chi connectivity index (χ1) is 10.2. The summed E-state index contributed by atoms with van der Waals surface area (Å²) in [6, 6.07) is 8.70.